The molecule has 0 saturated carbocycles. The van der Waals surface area contributed by atoms with Crippen LogP contribution in [0.3, 0.4) is 0 Å². The van der Waals surface area contributed by atoms with Gasteiger partial charge in [-0.3, -0.25) is 10.1 Å². The van der Waals surface area contributed by atoms with E-state index in [-0.39, 0.29) is 11.7 Å². The minimum absolute atomic E-state index is 0.234. The Bertz CT molecular complexity index is 673. The molecule has 0 bridgehead atoms. The maximum atomic E-state index is 13.1. The molecule has 0 saturated heterocycles. The molecule has 2 aromatic rings. The van der Waals surface area contributed by atoms with Crippen molar-refractivity contribution in [3.8, 4) is 0 Å². The summed E-state index contributed by atoms with van der Waals surface area (Å²) in [6, 6.07) is 9.79. The Morgan fingerprint density at radius 3 is 2.70 bits per heavy atom. The molecule has 1 aliphatic rings. The number of carbonyl (C=O) groups excluding carboxylic acids is 1. The number of amides is 1. The van der Waals surface area contributed by atoms with Crippen LogP contribution in [0.4, 0.5) is 14.5 Å². The van der Waals surface area contributed by atoms with Crippen LogP contribution in [-0.4, -0.2) is 5.91 Å². The quantitative estimate of drug-likeness (QED) is 0.903. The number of hydrogen-bond acceptors (Lipinski definition) is 2. The molecule has 0 spiro atoms. The number of fused-ring (bicyclic) bond motifs is 1. The second-order valence-electron chi connectivity index (χ2n) is 4.66. The van der Waals surface area contributed by atoms with Crippen molar-refractivity contribution in [2.24, 2.45) is 0 Å². The summed E-state index contributed by atoms with van der Waals surface area (Å²) < 4.78 is 26.2. The van der Waals surface area contributed by atoms with Crippen LogP contribution in [0, 0.1) is 11.6 Å². The van der Waals surface area contributed by atoms with Gasteiger partial charge in [-0.15, -0.1) is 0 Å². The Hall–Kier alpha value is -2.27. The lowest BCUT2D eigenvalue weighted by atomic mass is 10.1. The molecule has 1 aliphatic heterocycles. The standard InChI is InChI=1S/C15H12F2N2O/c16-10-3-1-2-9(6-10)8-18-14-12-5-4-11(17)7-13(12)19-15(14)20/h1-7,14,18H,8H2,(H,19,20). The molecular weight excluding hydrogens is 262 g/mol. The number of anilines is 1. The van der Waals surface area contributed by atoms with E-state index in [1.165, 1.54) is 24.3 Å². The van der Waals surface area contributed by atoms with Crippen molar-refractivity contribution in [1.29, 1.82) is 0 Å². The zero-order valence-electron chi connectivity index (χ0n) is 10.5. The number of halogens is 2. The smallest absolute Gasteiger partial charge is 0.246 e. The molecule has 102 valence electrons. The molecule has 0 radical (unpaired) electrons. The first-order chi connectivity index (χ1) is 9.63. The Balaban J connectivity index is 1.77. The topological polar surface area (TPSA) is 41.1 Å². The Morgan fingerprint density at radius 1 is 1.10 bits per heavy atom. The highest BCUT2D eigenvalue weighted by Crippen LogP contribution is 2.31. The largest absolute Gasteiger partial charge is 0.324 e. The maximum absolute atomic E-state index is 13.1. The predicted molar refractivity (Wildman–Crippen MR) is 71.0 cm³/mol. The lowest BCUT2D eigenvalue weighted by molar-refractivity contribution is -0.117. The van der Waals surface area contributed by atoms with E-state index in [0.717, 1.165) is 5.56 Å². The number of rotatable bonds is 3. The Kier molecular flexibility index (Phi) is 3.20. The number of carbonyl (C=O) groups is 1. The van der Waals surface area contributed by atoms with Crippen LogP contribution < -0.4 is 10.6 Å². The summed E-state index contributed by atoms with van der Waals surface area (Å²) in [5.41, 5.74) is 1.92. The predicted octanol–water partition coefficient (Wildman–Crippen LogP) is 2.75. The molecule has 0 aromatic heterocycles. The number of nitrogens with one attached hydrogen (secondary N) is 2. The van der Waals surface area contributed by atoms with E-state index in [4.69, 9.17) is 0 Å². The second kappa shape index (κ2) is 5.02. The van der Waals surface area contributed by atoms with Crippen molar-refractivity contribution < 1.29 is 13.6 Å². The number of benzene rings is 2. The summed E-state index contributed by atoms with van der Waals surface area (Å²) in [4.78, 5) is 11.9. The van der Waals surface area contributed by atoms with Gasteiger partial charge in [0.25, 0.3) is 0 Å². The van der Waals surface area contributed by atoms with Crippen LogP contribution in [0.25, 0.3) is 0 Å². The summed E-state index contributed by atoms with van der Waals surface area (Å²) in [5.74, 6) is -0.945. The zero-order chi connectivity index (χ0) is 14.1. The molecule has 3 rings (SSSR count). The Morgan fingerprint density at radius 2 is 1.90 bits per heavy atom. The first-order valence-corrected chi connectivity index (χ1v) is 6.21. The fraction of sp³-hybridized carbons (Fsp3) is 0.133. The van der Waals surface area contributed by atoms with Gasteiger partial charge in [-0.25, -0.2) is 8.78 Å². The van der Waals surface area contributed by atoms with Gasteiger partial charge in [0.1, 0.15) is 17.7 Å². The summed E-state index contributed by atoms with van der Waals surface area (Å²) in [6.07, 6.45) is 0. The van der Waals surface area contributed by atoms with Crippen molar-refractivity contribution in [2.75, 3.05) is 5.32 Å². The van der Waals surface area contributed by atoms with Gasteiger partial charge in [-0.2, -0.15) is 0 Å². The SMILES string of the molecule is O=C1Nc2cc(F)ccc2C1NCc1cccc(F)c1. The van der Waals surface area contributed by atoms with Crippen molar-refractivity contribution in [3.05, 3.63) is 65.2 Å². The van der Waals surface area contributed by atoms with E-state index in [0.29, 0.717) is 17.8 Å². The molecule has 5 heteroatoms. The minimum Gasteiger partial charge on any atom is -0.324 e. The van der Waals surface area contributed by atoms with Gasteiger partial charge in [0.2, 0.25) is 5.91 Å². The fourth-order valence-corrected chi connectivity index (χ4v) is 2.30. The molecule has 1 unspecified atom stereocenters. The van der Waals surface area contributed by atoms with E-state index in [1.807, 2.05) is 0 Å². The van der Waals surface area contributed by atoms with Crippen molar-refractivity contribution in [2.45, 2.75) is 12.6 Å². The summed E-state index contributed by atoms with van der Waals surface area (Å²) >= 11 is 0. The van der Waals surface area contributed by atoms with Crippen LogP contribution >= 0.6 is 0 Å². The van der Waals surface area contributed by atoms with E-state index in [2.05, 4.69) is 10.6 Å². The minimum atomic E-state index is -0.547. The van der Waals surface area contributed by atoms with Gasteiger partial charge in [0.05, 0.1) is 0 Å². The molecule has 1 atom stereocenters. The van der Waals surface area contributed by atoms with Gasteiger partial charge in [-0.1, -0.05) is 18.2 Å². The van der Waals surface area contributed by atoms with Gasteiger partial charge in [-0.05, 0) is 29.8 Å². The van der Waals surface area contributed by atoms with Gasteiger partial charge in [0.15, 0.2) is 0 Å². The van der Waals surface area contributed by atoms with Crippen LogP contribution in [0.5, 0.6) is 0 Å². The van der Waals surface area contributed by atoms with Gasteiger partial charge < -0.3 is 5.32 Å². The van der Waals surface area contributed by atoms with Crippen LogP contribution in [0.15, 0.2) is 42.5 Å². The second-order valence-corrected chi connectivity index (χ2v) is 4.66. The van der Waals surface area contributed by atoms with E-state index >= 15 is 0 Å². The molecule has 20 heavy (non-hydrogen) atoms. The Labute approximate surface area is 114 Å². The highest BCUT2D eigenvalue weighted by molar-refractivity contribution is 6.02. The van der Waals surface area contributed by atoms with E-state index in [9.17, 15) is 13.6 Å². The van der Waals surface area contributed by atoms with E-state index in [1.54, 1.807) is 18.2 Å². The zero-order valence-corrected chi connectivity index (χ0v) is 10.5. The van der Waals surface area contributed by atoms with Crippen molar-refractivity contribution >= 4 is 11.6 Å². The summed E-state index contributed by atoms with van der Waals surface area (Å²) in [7, 11) is 0. The first kappa shape index (κ1) is 12.7. The normalized spacial score (nSPS) is 16.9. The van der Waals surface area contributed by atoms with Gasteiger partial charge >= 0.3 is 0 Å². The van der Waals surface area contributed by atoms with E-state index < -0.39 is 11.9 Å². The molecule has 2 N–H and O–H groups in total. The molecule has 0 aliphatic carbocycles. The maximum Gasteiger partial charge on any atom is 0.246 e. The molecule has 2 aromatic carbocycles. The lowest BCUT2D eigenvalue weighted by Crippen LogP contribution is -2.27. The fourth-order valence-electron chi connectivity index (χ4n) is 2.30. The monoisotopic (exact) mass is 274 g/mol. The highest BCUT2D eigenvalue weighted by atomic mass is 19.1. The van der Waals surface area contributed by atoms with Crippen molar-refractivity contribution in [1.82, 2.24) is 5.32 Å². The van der Waals surface area contributed by atoms with Crippen molar-refractivity contribution in [3.63, 3.8) is 0 Å². The van der Waals surface area contributed by atoms with Gasteiger partial charge in [0, 0.05) is 17.8 Å². The lowest BCUT2D eigenvalue weighted by Gasteiger charge is -2.11. The van der Waals surface area contributed by atoms with Crippen LogP contribution in [-0.2, 0) is 11.3 Å². The average Bonchev–Trinajstić information content (AvgIpc) is 2.71. The first-order valence-electron chi connectivity index (χ1n) is 6.21. The highest BCUT2D eigenvalue weighted by Gasteiger charge is 2.30. The molecule has 1 amide bonds. The number of hydrogen-bond donors (Lipinski definition) is 2. The third-order valence-corrected chi connectivity index (χ3v) is 3.25. The third-order valence-electron chi connectivity index (χ3n) is 3.25. The summed E-state index contributed by atoms with van der Waals surface area (Å²) in [5, 5.41) is 5.67. The van der Waals surface area contributed by atoms with Crippen LogP contribution in [0.1, 0.15) is 17.2 Å². The third kappa shape index (κ3) is 2.40. The summed E-state index contributed by atoms with van der Waals surface area (Å²) in [6.45, 7) is 0.354. The average molecular weight is 274 g/mol. The molecule has 0 fully saturated rings. The molecular formula is C15H12F2N2O. The van der Waals surface area contributed by atoms with Crippen LogP contribution in [0.2, 0.25) is 0 Å². The molecule has 1 heterocycles. The molecule has 3 nitrogen and oxygen atoms in total.